The first-order valence-corrected chi connectivity index (χ1v) is 6.52. The van der Waals surface area contributed by atoms with Crippen molar-refractivity contribution in [1.29, 1.82) is 0 Å². The highest BCUT2D eigenvalue weighted by molar-refractivity contribution is 5.85. The minimum absolute atomic E-state index is 0.0544. The van der Waals surface area contributed by atoms with Gasteiger partial charge < -0.3 is 28.4 Å². The fourth-order valence-electron chi connectivity index (χ4n) is 2.20. The molecule has 0 aromatic heterocycles. The minimum atomic E-state index is -0.806. The average molecular weight is 292 g/mol. The highest BCUT2D eigenvalue weighted by atomic mass is 16.7. The Kier molecular flexibility index (Phi) is 8.20. The van der Waals surface area contributed by atoms with Crippen molar-refractivity contribution in [1.82, 2.24) is 0 Å². The summed E-state index contributed by atoms with van der Waals surface area (Å²) in [5.74, 6) is -0.222. The predicted molar refractivity (Wildman–Crippen MR) is 69.6 cm³/mol. The second-order valence-electron chi connectivity index (χ2n) is 4.42. The Labute approximate surface area is 119 Å². The first-order valence-electron chi connectivity index (χ1n) is 6.52. The molecule has 1 fully saturated rings. The van der Waals surface area contributed by atoms with Gasteiger partial charge in [-0.1, -0.05) is 0 Å². The van der Waals surface area contributed by atoms with Crippen LogP contribution in [0.3, 0.4) is 0 Å². The molecule has 1 heterocycles. The number of methoxy groups -OCH3 is 4. The zero-order valence-corrected chi connectivity index (χ0v) is 12.5. The lowest BCUT2D eigenvalue weighted by atomic mass is 10.0. The maximum absolute atomic E-state index is 12.0. The average Bonchev–Trinajstić information content (AvgIpc) is 2.48. The molecule has 0 amide bonds. The molecule has 0 aromatic rings. The second kappa shape index (κ2) is 9.38. The number of rotatable bonds is 9. The fraction of sp³-hybridized carbons (Fsp3) is 0.923. The fourth-order valence-corrected chi connectivity index (χ4v) is 2.20. The van der Waals surface area contributed by atoms with Crippen LogP contribution in [0.25, 0.3) is 0 Å². The van der Waals surface area contributed by atoms with Crippen LogP contribution in [-0.2, 0) is 33.2 Å². The molecule has 20 heavy (non-hydrogen) atoms. The molecule has 1 saturated heterocycles. The topological polar surface area (TPSA) is 72.5 Å². The van der Waals surface area contributed by atoms with Crippen LogP contribution in [0.2, 0.25) is 0 Å². The zero-order chi connectivity index (χ0) is 15.0. The van der Waals surface area contributed by atoms with Crippen LogP contribution < -0.4 is 0 Å². The predicted octanol–water partition coefficient (Wildman–Crippen LogP) is 0.00990. The zero-order valence-electron chi connectivity index (χ0n) is 12.5. The number of carbonyl (C=O) groups excluding carboxylic acids is 1. The monoisotopic (exact) mass is 292 g/mol. The third-order valence-corrected chi connectivity index (χ3v) is 3.15. The van der Waals surface area contributed by atoms with Crippen LogP contribution in [0, 0.1) is 0 Å². The van der Waals surface area contributed by atoms with Crippen LogP contribution >= 0.6 is 0 Å². The van der Waals surface area contributed by atoms with Crippen molar-refractivity contribution in [2.45, 2.75) is 31.0 Å². The van der Waals surface area contributed by atoms with E-state index < -0.39 is 24.6 Å². The summed E-state index contributed by atoms with van der Waals surface area (Å²) in [6, 6.07) is 0. The molecule has 1 aliphatic rings. The van der Waals surface area contributed by atoms with Crippen LogP contribution in [0.1, 0.15) is 6.42 Å². The van der Waals surface area contributed by atoms with Crippen molar-refractivity contribution in [3.63, 3.8) is 0 Å². The molecule has 0 unspecified atom stereocenters. The number of hydrogen-bond acceptors (Lipinski definition) is 7. The molecule has 0 spiro atoms. The van der Waals surface area contributed by atoms with Gasteiger partial charge in [-0.2, -0.15) is 0 Å². The molecule has 0 aliphatic carbocycles. The molecule has 0 N–H and O–H groups in total. The van der Waals surface area contributed by atoms with Gasteiger partial charge in [-0.25, -0.2) is 0 Å². The van der Waals surface area contributed by atoms with E-state index in [1.165, 1.54) is 28.4 Å². The summed E-state index contributed by atoms with van der Waals surface area (Å²) >= 11 is 0. The van der Waals surface area contributed by atoms with E-state index in [4.69, 9.17) is 28.4 Å². The van der Waals surface area contributed by atoms with E-state index >= 15 is 0 Å². The van der Waals surface area contributed by atoms with Crippen molar-refractivity contribution in [2.24, 2.45) is 0 Å². The number of Topliss-reactive ketones (excluding diaryl/α,β-unsaturated/α-hetero) is 1. The summed E-state index contributed by atoms with van der Waals surface area (Å²) in [6.07, 6.45) is -1.76. The summed E-state index contributed by atoms with van der Waals surface area (Å²) in [4.78, 5) is 12.0. The summed E-state index contributed by atoms with van der Waals surface area (Å²) in [7, 11) is 5.91. The lowest BCUT2D eigenvalue weighted by Gasteiger charge is -2.36. The SMILES string of the molecule is COCC(=O)[C@@H](OC)[C@H](OC)[C@H](OC)C1OCCCO1. The Morgan fingerprint density at radius 2 is 1.75 bits per heavy atom. The molecule has 1 aliphatic heterocycles. The van der Waals surface area contributed by atoms with E-state index in [1.807, 2.05) is 0 Å². The van der Waals surface area contributed by atoms with Gasteiger partial charge in [-0.15, -0.1) is 0 Å². The van der Waals surface area contributed by atoms with E-state index in [9.17, 15) is 4.79 Å². The van der Waals surface area contributed by atoms with Gasteiger partial charge in [-0.3, -0.25) is 4.79 Å². The summed E-state index contributed by atoms with van der Waals surface area (Å²) in [5, 5.41) is 0. The Hall–Kier alpha value is -0.570. The molecular weight excluding hydrogens is 268 g/mol. The maximum Gasteiger partial charge on any atom is 0.189 e. The summed E-state index contributed by atoms with van der Waals surface area (Å²) in [5.41, 5.74) is 0. The molecule has 0 bridgehead atoms. The van der Waals surface area contributed by atoms with Gasteiger partial charge in [0.25, 0.3) is 0 Å². The third kappa shape index (κ3) is 4.47. The molecule has 0 saturated carbocycles. The smallest absolute Gasteiger partial charge is 0.189 e. The lowest BCUT2D eigenvalue weighted by molar-refractivity contribution is -0.257. The lowest BCUT2D eigenvalue weighted by Crippen LogP contribution is -2.53. The highest BCUT2D eigenvalue weighted by Gasteiger charge is 2.40. The third-order valence-electron chi connectivity index (χ3n) is 3.15. The van der Waals surface area contributed by atoms with E-state index in [0.717, 1.165) is 6.42 Å². The van der Waals surface area contributed by atoms with Crippen molar-refractivity contribution < 1.29 is 33.2 Å². The molecule has 1 rings (SSSR count). The summed E-state index contributed by atoms with van der Waals surface area (Å²) in [6.45, 7) is 1.12. The van der Waals surface area contributed by atoms with Gasteiger partial charge in [0.2, 0.25) is 0 Å². The first kappa shape index (κ1) is 17.5. The Bertz CT molecular complexity index is 278. The van der Waals surface area contributed by atoms with E-state index in [-0.39, 0.29) is 12.4 Å². The first-order chi connectivity index (χ1) is 9.69. The number of ketones is 1. The van der Waals surface area contributed by atoms with Crippen LogP contribution in [0.15, 0.2) is 0 Å². The molecular formula is C13H24O7. The van der Waals surface area contributed by atoms with Crippen LogP contribution in [-0.4, -0.2) is 78.6 Å². The summed E-state index contributed by atoms with van der Waals surface area (Å²) < 4.78 is 31.9. The van der Waals surface area contributed by atoms with Crippen molar-refractivity contribution in [3.8, 4) is 0 Å². The van der Waals surface area contributed by atoms with Gasteiger partial charge in [0, 0.05) is 28.4 Å². The second-order valence-corrected chi connectivity index (χ2v) is 4.42. The van der Waals surface area contributed by atoms with E-state index in [2.05, 4.69) is 0 Å². The molecule has 7 heteroatoms. The van der Waals surface area contributed by atoms with Gasteiger partial charge in [-0.05, 0) is 6.42 Å². The Morgan fingerprint density at radius 3 is 2.20 bits per heavy atom. The van der Waals surface area contributed by atoms with Gasteiger partial charge >= 0.3 is 0 Å². The molecule has 118 valence electrons. The van der Waals surface area contributed by atoms with Crippen LogP contribution in [0.5, 0.6) is 0 Å². The standard InChI is InChI=1S/C13H24O7/c1-15-8-9(14)10(16-2)11(17-3)12(18-4)13-19-6-5-7-20-13/h10-13H,5-8H2,1-4H3/t10-,11+,12+/m1/s1. The highest BCUT2D eigenvalue weighted by Crippen LogP contribution is 2.20. The normalized spacial score (nSPS) is 21.4. The number of carbonyl (C=O) groups is 1. The van der Waals surface area contributed by atoms with E-state index in [0.29, 0.717) is 13.2 Å². The molecule has 0 aromatic carbocycles. The van der Waals surface area contributed by atoms with Gasteiger partial charge in [0.05, 0.1) is 13.2 Å². The van der Waals surface area contributed by atoms with E-state index in [1.54, 1.807) is 0 Å². The van der Waals surface area contributed by atoms with Gasteiger partial charge in [0.1, 0.15) is 24.9 Å². The Balaban J connectivity index is 2.79. The van der Waals surface area contributed by atoms with Crippen LogP contribution in [0.4, 0.5) is 0 Å². The largest absolute Gasteiger partial charge is 0.377 e. The minimum Gasteiger partial charge on any atom is -0.377 e. The van der Waals surface area contributed by atoms with Crippen molar-refractivity contribution in [2.75, 3.05) is 48.3 Å². The van der Waals surface area contributed by atoms with Crippen molar-refractivity contribution in [3.05, 3.63) is 0 Å². The quantitative estimate of drug-likeness (QED) is 0.592. The van der Waals surface area contributed by atoms with Gasteiger partial charge in [0.15, 0.2) is 12.1 Å². The van der Waals surface area contributed by atoms with Crippen molar-refractivity contribution >= 4 is 5.78 Å². The molecule has 0 radical (unpaired) electrons. The molecule has 3 atom stereocenters. The molecule has 7 nitrogen and oxygen atoms in total. The Morgan fingerprint density at radius 1 is 1.10 bits per heavy atom. The number of ether oxygens (including phenoxy) is 6. The number of hydrogen-bond donors (Lipinski definition) is 0. The maximum atomic E-state index is 12.0.